The number of hydrogen-bond donors (Lipinski definition) is 0. The van der Waals surface area contributed by atoms with Crippen molar-refractivity contribution >= 4 is 17.5 Å². The second kappa shape index (κ2) is 11.6. The molecule has 0 saturated heterocycles. The number of methoxy groups -OCH3 is 2. The number of alkyl halides is 2. The van der Waals surface area contributed by atoms with Crippen LogP contribution in [0.5, 0.6) is 23.0 Å². The van der Waals surface area contributed by atoms with Crippen LogP contribution in [0, 0.1) is 10.1 Å². The predicted octanol–water partition coefficient (Wildman–Crippen LogP) is 5.69. The second-order valence-electron chi connectivity index (χ2n) is 7.03. The van der Waals surface area contributed by atoms with Crippen molar-refractivity contribution in [3.8, 4) is 23.0 Å². The Morgan fingerprint density at radius 1 is 0.971 bits per heavy atom. The number of ketones is 1. The Hall–Kier alpha value is -4.47. The first-order valence-electron chi connectivity index (χ1n) is 10.2. The van der Waals surface area contributed by atoms with Gasteiger partial charge in [-0.1, -0.05) is 24.3 Å². The summed E-state index contributed by atoms with van der Waals surface area (Å²) in [6.45, 7) is -3.03. The second-order valence-corrected chi connectivity index (χ2v) is 7.03. The zero-order valence-electron chi connectivity index (χ0n) is 18.8. The Morgan fingerprint density at radius 2 is 1.69 bits per heavy atom. The molecule has 10 heteroatoms. The standard InChI is InChI=1S/C25H21F2NO7/c1-32-21-11-8-16(13-18(21)15-34-22-6-4-3-5-19(22)28(30)31)7-10-20(29)17-9-12-23(35-25(26)27)24(14-17)33-2/h3-14,25H,15H2,1-2H3/b10-7+. The zero-order chi connectivity index (χ0) is 25.4. The van der Waals surface area contributed by atoms with E-state index in [9.17, 15) is 23.7 Å². The number of benzene rings is 3. The summed E-state index contributed by atoms with van der Waals surface area (Å²) in [6.07, 6.45) is 2.88. The summed E-state index contributed by atoms with van der Waals surface area (Å²) in [7, 11) is 2.76. The van der Waals surface area contributed by atoms with Gasteiger partial charge < -0.3 is 18.9 Å². The molecular weight excluding hydrogens is 464 g/mol. The van der Waals surface area contributed by atoms with Crippen molar-refractivity contribution in [2.24, 2.45) is 0 Å². The highest BCUT2D eigenvalue weighted by Gasteiger charge is 2.15. The van der Waals surface area contributed by atoms with Crippen LogP contribution in [0.4, 0.5) is 14.5 Å². The van der Waals surface area contributed by atoms with Gasteiger partial charge in [0.25, 0.3) is 0 Å². The van der Waals surface area contributed by atoms with Crippen LogP contribution in [0.1, 0.15) is 21.5 Å². The van der Waals surface area contributed by atoms with Gasteiger partial charge in [0.2, 0.25) is 0 Å². The number of nitrogens with zero attached hydrogens (tertiary/aromatic N) is 1. The fourth-order valence-corrected chi connectivity index (χ4v) is 3.18. The molecule has 0 spiro atoms. The number of allylic oxidation sites excluding steroid dienone is 1. The van der Waals surface area contributed by atoms with Crippen LogP contribution >= 0.6 is 0 Å². The van der Waals surface area contributed by atoms with Gasteiger partial charge in [-0.05, 0) is 48.0 Å². The first-order valence-corrected chi connectivity index (χ1v) is 10.2. The van der Waals surface area contributed by atoms with Crippen LogP contribution in [0.15, 0.2) is 66.7 Å². The summed E-state index contributed by atoms with van der Waals surface area (Å²) in [5, 5.41) is 11.2. The maximum absolute atomic E-state index is 12.6. The van der Waals surface area contributed by atoms with Crippen LogP contribution in [-0.4, -0.2) is 31.5 Å². The Kier molecular flexibility index (Phi) is 8.33. The molecule has 3 aromatic rings. The first kappa shape index (κ1) is 25.2. The Bertz CT molecular complexity index is 1240. The van der Waals surface area contributed by atoms with E-state index in [-0.39, 0.29) is 40.9 Å². The van der Waals surface area contributed by atoms with E-state index in [1.165, 1.54) is 50.6 Å². The number of halogens is 2. The summed E-state index contributed by atoms with van der Waals surface area (Å²) < 4.78 is 45.4. The van der Waals surface area contributed by atoms with Gasteiger partial charge in [0, 0.05) is 17.2 Å². The number of para-hydroxylation sites is 2. The minimum absolute atomic E-state index is 0.00318. The highest BCUT2D eigenvalue weighted by Crippen LogP contribution is 2.31. The fourth-order valence-electron chi connectivity index (χ4n) is 3.18. The third-order valence-electron chi connectivity index (χ3n) is 4.84. The van der Waals surface area contributed by atoms with Crippen molar-refractivity contribution < 1.29 is 37.4 Å². The van der Waals surface area contributed by atoms with Crippen LogP contribution in [0.3, 0.4) is 0 Å². The number of carbonyl (C=O) groups excluding carboxylic acids is 1. The fraction of sp³-hybridized carbons (Fsp3) is 0.160. The van der Waals surface area contributed by atoms with E-state index in [1.807, 2.05) is 0 Å². The monoisotopic (exact) mass is 485 g/mol. The molecule has 35 heavy (non-hydrogen) atoms. The molecule has 0 aliphatic rings. The van der Waals surface area contributed by atoms with Crippen molar-refractivity contribution in [3.05, 3.63) is 93.5 Å². The van der Waals surface area contributed by atoms with Gasteiger partial charge in [-0.15, -0.1) is 0 Å². The van der Waals surface area contributed by atoms with Crippen LogP contribution in [0.25, 0.3) is 6.08 Å². The highest BCUT2D eigenvalue weighted by atomic mass is 19.3. The lowest BCUT2D eigenvalue weighted by atomic mass is 10.1. The number of ether oxygens (including phenoxy) is 4. The minimum atomic E-state index is -3.02. The van der Waals surface area contributed by atoms with Crippen LogP contribution < -0.4 is 18.9 Å². The molecule has 0 atom stereocenters. The van der Waals surface area contributed by atoms with Crippen LogP contribution in [-0.2, 0) is 6.61 Å². The van der Waals surface area contributed by atoms with Crippen molar-refractivity contribution in [1.29, 1.82) is 0 Å². The average molecular weight is 485 g/mol. The summed E-state index contributed by atoms with van der Waals surface area (Å²) in [4.78, 5) is 23.3. The number of nitro benzene ring substituents is 1. The molecule has 0 saturated carbocycles. The quantitative estimate of drug-likeness (QED) is 0.149. The lowest BCUT2D eigenvalue weighted by Crippen LogP contribution is -2.04. The van der Waals surface area contributed by atoms with Crippen molar-refractivity contribution in [1.82, 2.24) is 0 Å². The van der Waals surface area contributed by atoms with Crippen LogP contribution in [0.2, 0.25) is 0 Å². The zero-order valence-corrected chi connectivity index (χ0v) is 18.8. The number of nitro groups is 1. The number of carbonyl (C=O) groups is 1. The van der Waals surface area contributed by atoms with Gasteiger partial charge >= 0.3 is 12.3 Å². The van der Waals surface area contributed by atoms with Gasteiger partial charge in [-0.25, -0.2) is 0 Å². The smallest absolute Gasteiger partial charge is 0.387 e. The Balaban J connectivity index is 1.77. The summed E-state index contributed by atoms with van der Waals surface area (Å²) in [6, 6.07) is 15.0. The Morgan fingerprint density at radius 3 is 2.37 bits per heavy atom. The largest absolute Gasteiger partial charge is 0.496 e. The van der Waals surface area contributed by atoms with E-state index in [0.717, 1.165) is 0 Å². The molecule has 0 radical (unpaired) electrons. The first-order chi connectivity index (χ1) is 16.8. The normalized spacial score (nSPS) is 10.9. The summed E-state index contributed by atoms with van der Waals surface area (Å²) in [5.74, 6) is 0.0562. The van der Waals surface area contributed by atoms with Gasteiger partial charge in [0.15, 0.2) is 23.0 Å². The van der Waals surface area contributed by atoms with E-state index in [4.69, 9.17) is 14.2 Å². The Labute approximate surface area is 199 Å². The maximum Gasteiger partial charge on any atom is 0.387 e. The molecule has 3 aromatic carbocycles. The molecule has 3 rings (SSSR count). The van der Waals surface area contributed by atoms with Crippen molar-refractivity contribution in [2.75, 3.05) is 14.2 Å². The van der Waals surface area contributed by atoms with Gasteiger partial charge in [-0.3, -0.25) is 14.9 Å². The molecule has 0 bridgehead atoms. The van der Waals surface area contributed by atoms with Crippen molar-refractivity contribution in [3.63, 3.8) is 0 Å². The SMILES string of the molecule is COc1ccc(/C=C/C(=O)c2ccc(OC(F)F)c(OC)c2)cc1COc1ccccc1[N+](=O)[O-]. The average Bonchev–Trinajstić information content (AvgIpc) is 2.86. The summed E-state index contributed by atoms with van der Waals surface area (Å²) >= 11 is 0. The molecule has 0 N–H and O–H groups in total. The van der Waals surface area contributed by atoms with Crippen molar-refractivity contribution in [2.45, 2.75) is 13.2 Å². The molecule has 182 valence electrons. The number of rotatable bonds is 11. The molecule has 0 aliphatic heterocycles. The predicted molar refractivity (Wildman–Crippen MR) is 123 cm³/mol. The molecule has 0 aliphatic carbocycles. The molecule has 0 aromatic heterocycles. The number of hydrogen-bond acceptors (Lipinski definition) is 7. The van der Waals surface area contributed by atoms with E-state index >= 15 is 0 Å². The third kappa shape index (κ3) is 6.53. The van der Waals surface area contributed by atoms with E-state index in [2.05, 4.69) is 4.74 Å². The lowest BCUT2D eigenvalue weighted by molar-refractivity contribution is -0.385. The third-order valence-corrected chi connectivity index (χ3v) is 4.84. The maximum atomic E-state index is 12.6. The molecule has 0 heterocycles. The van der Waals surface area contributed by atoms with E-state index in [1.54, 1.807) is 36.4 Å². The topological polar surface area (TPSA) is 97.1 Å². The van der Waals surface area contributed by atoms with E-state index in [0.29, 0.717) is 16.9 Å². The molecule has 0 fully saturated rings. The summed E-state index contributed by atoms with van der Waals surface area (Å²) in [5.41, 5.74) is 1.31. The lowest BCUT2D eigenvalue weighted by Gasteiger charge is -2.11. The molecular formula is C25H21F2NO7. The minimum Gasteiger partial charge on any atom is -0.496 e. The molecule has 0 amide bonds. The van der Waals surface area contributed by atoms with Gasteiger partial charge in [0.05, 0.1) is 19.1 Å². The highest BCUT2D eigenvalue weighted by molar-refractivity contribution is 6.07. The van der Waals surface area contributed by atoms with Gasteiger partial charge in [-0.2, -0.15) is 8.78 Å². The van der Waals surface area contributed by atoms with Gasteiger partial charge in [0.1, 0.15) is 12.4 Å². The molecule has 8 nitrogen and oxygen atoms in total. The van der Waals surface area contributed by atoms with E-state index < -0.39 is 11.5 Å². The molecule has 0 unspecified atom stereocenters.